The third kappa shape index (κ3) is 10.5. The first-order chi connectivity index (χ1) is 23.4. The van der Waals surface area contributed by atoms with Gasteiger partial charge in [-0.15, -0.1) is 0 Å². The Morgan fingerprint density at radius 2 is 0.896 bits per heavy atom. The van der Waals surface area contributed by atoms with Gasteiger partial charge in [-0.3, -0.25) is 0 Å². The van der Waals surface area contributed by atoms with Crippen molar-refractivity contribution >= 4 is 11.9 Å². The number of carbonyl (C=O) groups excluding carboxylic acids is 2. The lowest BCUT2D eigenvalue weighted by Crippen LogP contribution is -2.10. The average Bonchev–Trinajstić information content (AvgIpc) is 3.13. The highest BCUT2D eigenvalue weighted by Crippen LogP contribution is 2.30. The van der Waals surface area contributed by atoms with Crippen LogP contribution < -0.4 is 9.47 Å². The van der Waals surface area contributed by atoms with Gasteiger partial charge >= 0.3 is 11.9 Å². The lowest BCUT2D eigenvalue weighted by molar-refractivity contribution is -0.139. The first-order valence-corrected chi connectivity index (χ1v) is 15.8. The molecule has 0 unspecified atom stereocenters. The topological polar surface area (TPSA) is 71.1 Å². The van der Waals surface area contributed by atoms with Crippen molar-refractivity contribution in [1.82, 2.24) is 0 Å². The van der Waals surface area contributed by atoms with Crippen molar-refractivity contribution < 1.29 is 28.5 Å². The highest BCUT2D eigenvalue weighted by Gasteiger charge is 2.10. The molecule has 0 aliphatic carbocycles. The summed E-state index contributed by atoms with van der Waals surface area (Å²) in [5, 5.41) is 0. The number of esters is 2. The molecule has 0 bridgehead atoms. The second kappa shape index (κ2) is 18.2. The average molecular weight is 639 g/mol. The van der Waals surface area contributed by atoms with E-state index in [0.717, 1.165) is 47.2 Å². The Kier molecular flexibility index (Phi) is 13.3. The quantitative estimate of drug-likeness (QED) is 0.0654. The molecule has 0 N–H and O–H groups in total. The molecule has 242 valence electrons. The van der Waals surface area contributed by atoms with E-state index in [0.29, 0.717) is 11.5 Å². The molecule has 0 amide bonds. The van der Waals surface area contributed by atoms with E-state index in [1.807, 2.05) is 48.5 Å². The predicted molar refractivity (Wildman–Crippen MR) is 189 cm³/mol. The molecule has 4 aromatic carbocycles. The van der Waals surface area contributed by atoms with Crippen molar-refractivity contribution in [3.8, 4) is 46.3 Å². The fraction of sp³-hybridized carbons (Fsp3) is 0.190. The lowest BCUT2D eigenvalue weighted by atomic mass is 9.91. The van der Waals surface area contributed by atoms with E-state index in [1.54, 1.807) is 0 Å². The van der Waals surface area contributed by atoms with Crippen molar-refractivity contribution in [3.05, 3.63) is 144 Å². The molecule has 6 heteroatoms. The van der Waals surface area contributed by atoms with Crippen molar-refractivity contribution in [2.75, 3.05) is 26.4 Å². The number of hydrogen-bond acceptors (Lipinski definition) is 6. The van der Waals surface area contributed by atoms with Crippen molar-refractivity contribution in [2.24, 2.45) is 0 Å². The summed E-state index contributed by atoms with van der Waals surface area (Å²) in [5.41, 5.74) is 8.53. The van der Waals surface area contributed by atoms with Crippen LogP contribution in [-0.2, 0) is 31.9 Å². The second-order valence-electron chi connectivity index (χ2n) is 10.4. The van der Waals surface area contributed by atoms with Crippen LogP contribution in [0.2, 0.25) is 0 Å². The molecule has 0 aliphatic heterocycles. The van der Waals surface area contributed by atoms with Crippen LogP contribution in [-0.4, -0.2) is 38.4 Å². The summed E-state index contributed by atoms with van der Waals surface area (Å²) >= 11 is 0. The minimum atomic E-state index is -0.468. The normalized spacial score (nSPS) is 9.96. The van der Waals surface area contributed by atoms with Crippen LogP contribution in [0.1, 0.15) is 47.2 Å². The molecule has 0 aromatic heterocycles. The van der Waals surface area contributed by atoms with Gasteiger partial charge in [-0.2, -0.15) is 0 Å². The third-order valence-corrected chi connectivity index (χ3v) is 7.20. The first-order valence-electron chi connectivity index (χ1n) is 15.8. The number of hydrogen-bond donors (Lipinski definition) is 0. The van der Waals surface area contributed by atoms with Gasteiger partial charge in [-0.1, -0.05) is 62.8 Å². The summed E-state index contributed by atoms with van der Waals surface area (Å²) in [5.74, 6) is 13.5. The molecule has 4 rings (SSSR count). The molecule has 48 heavy (non-hydrogen) atoms. The summed E-state index contributed by atoms with van der Waals surface area (Å²) in [7, 11) is 0. The van der Waals surface area contributed by atoms with Gasteiger partial charge in [0.25, 0.3) is 0 Å². The van der Waals surface area contributed by atoms with Gasteiger partial charge in [0, 0.05) is 34.4 Å². The van der Waals surface area contributed by atoms with Crippen molar-refractivity contribution in [1.29, 1.82) is 0 Å². The van der Waals surface area contributed by atoms with Crippen molar-refractivity contribution in [3.63, 3.8) is 0 Å². The smallest absolute Gasteiger partial charge is 0.330 e. The van der Waals surface area contributed by atoms with Gasteiger partial charge in [0.05, 0.1) is 0 Å². The molecule has 0 fully saturated rings. The summed E-state index contributed by atoms with van der Waals surface area (Å²) in [6.07, 6.45) is 4.01. The lowest BCUT2D eigenvalue weighted by Gasteiger charge is -2.13. The van der Waals surface area contributed by atoms with Gasteiger partial charge in [0.2, 0.25) is 0 Å². The van der Waals surface area contributed by atoms with Crippen LogP contribution in [0.5, 0.6) is 11.5 Å². The Hall–Kier alpha value is -5.98. The maximum absolute atomic E-state index is 11.1. The fourth-order valence-corrected chi connectivity index (χ4v) is 4.73. The molecular weight excluding hydrogens is 600 g/mol. The van der Waals surface area contributed by atoms with E-state index in [2.05, 4.69) is 87.1 Å². The number of benzene rings is 4. The molecule has 4 aromatic rings. The largest absolute Gasteiger partial charge is 0.490 e. The number of aryl methyl sites for hydroxylation is 2. The van der Waals surface area contributed by atoms with Crippen LogP contribution in [0.15, 0.2) is 110 Å². The Bertz CT molecular complexity index is 1720. The standard InChI is InChI=1S/C42H38O6/c1-5-35-29-33(11-9-31-13-19-37(20-14-31)45-25-27-47-41(43)7-3)17-23-39(35)40-24-18-34(30-36(40)6-2)12-10-32-15-21-38(22-16-32)46-26-28-48-42(44)8-4/h7-8,13-24,29-30H,3-6,25-28H2,1-2H3. The van der Waals surface area contributed by atoms with Gasteiger partial charge in [-0.25, -0.2) is 9.59 Å². The van der Waals surface area contributed by atoms with Gasteiger partial charge in [0.1, 0.15) is 37.9 Å². The summed E-state index contributed by atoms with van der Waals surface area (Å²) in [6.45, 7) is 11.9. The molecule has 0 saturated heterocycles. The minimum Gasteiger partial charge on any atom is -0.490 e. The Morgan fingerprint density at radius 3 is 1.25 bits per heavy atom. The molecule has 0 atom stereocenters. The van der Waals surface area contributed by atoms with E-state index in [-0.39, 0.29) is 26.4 Å². The third-order valence-electron chi connectivity index (χ3n) is 7.20. The summed E-state index contributed by atoms with van der Waals surface area (Å²) in [6, 6.07) is 27.8. The maximum atomic E-state index is 11.1. The molecule has 0 heterocycles. The maximum Gasteiger partial charge on any atom is 0.330 e. The highest BCUT2D eigenvalue weighted by atomic mass is 16.6. The van der Waals surface area contributed by atoms with Gasteiger partial charge in [-0.05, 0) is 108 Å². The van der Waals surface area contributed by atoms with Crippen LogP contribution >= 0.6 is 0 Å². The van der Waals surface area contributed by atoms with E-state index < -0.39 is 11.9 Å². The van der Waals surface area contributed by atoms with Crippen LogP contribution in [0, 0.1) is 23.7 Å². The van der Waals surface area contributed by atoms with Gasteiger partial charge < -0.3 is 18.9 Å². The summed E-state index contributed by atoms with van der Waals surface area (Å²) < 4.78 is 21.1. The Morgan fingerprint density at radius 1 is 0.542 bits per heavy atom. The monoisotopic (exact) mass is 638 g/mol. The molecule has 0 spiro atoms. The van der Waals surface area contributed by atoms with E-state index in [9.17, 15) is 9.59 Å². The zero-order valence-corrected chi connectivity index (χ0v) is 27.3. The Labute approximate surface area is 283 Å². The predicted octanol–water partition coefficient (Wildman–Crippen LogP) is 7.49. The van der Waals surface area contributed by atoms with Crippen LogP contribution in [0.25, 0.3) is 11.1 Å². The molecule has 6 nitrogen and oxygen atoms in total. The van der Waals surface area contributed by atoms with Gasteiger partial charge in [0.15, 0.2) is 0 Å². The zero-order chi connectivity index (χ0) is 34.1. The Balaban J connectivity index is 1.40. The van der Waals surface area contributed by atoms with E-state index in [4.69, 9.17) is 18.9 Å². The first kappa shape index (κ1) is 34.9. The fourth-order valence-electron chi connectivity index (χ4n) is 4.73. The number of carbonyl (C=O) groups is 2. The number of ether oxygens (including phenoxy) is 4. The summed E-state index contributed by atoms with van der Waals surface area (Å²) in [4.78, 5) is 22.2. The molecular formula is C42H38O6. The highest BCUT2D eigenvalue weighted by molar-refractivity contribution is 5.81. The van der Waals surface area contributed by atoms with Crippen molar-refractivity contribution in [2.45, 2.75) is 26.7 Å². The van der Waals surface area contributed by atoms with E-state index >= 15 is 0 Å². The second-order valence-corrected chi connectivity index (χ2v) is 10.4. The zero-order valence-electron chi connectivity index (χ0n) is 27.3. The SMILES string of the molecule is C=CC(=O)OCCOc1ccc(C#Cc2ccc(-c3ccc(C#Cc4ccc(OCCOC(=O)C=C)cc4)cc3CC)c(CC)c2)cc1. The van der Waals surface area contributed by atoms with E-state index in [1.165, 1.54) is 22.3 Å². The molecule has 0 saturated carbocycles. The van der Waals surface area contributed by atoms with Crippen LogP contribution in [0.4, 0.5) is 0 Å². The minimum absolute atomic E-state index is 0.160. The molecule has 0 radical (unpaired) electrons. The van der Waals surface area contributed by atoms with Crippen LogP contribution in [0.3, 0.4) is 0 Å². The number of rotatable bonds is 13. The molecule has 0 aliphatic rings.